The number of halogens is 1. The van der Waals surface area contributed by atoms with Gasteiger partial charge in [0.2, 0.25) is 0 Å². The molecule has 0 saturated heterocycles. The second-order valence-electron chi connectivity index (χ2n) is 2.88. The normalized spacial score (nSPS) is 10.2. The van der Waals surface area contributed by atoms with Gasteiger partial charge in [-0.05, 0) is 17.5 Å². The summed E-state index contributed by atoms with van der Waals surface area (Å²) in [6.07, 6.45) is 0.975. The minimum absolute atomic E-state index is 0.279. The molecule has 76 valence electrons. The summed E-state index contributed by atoms with van der Waals surface area (Å²) < 4.78 is 8.91. The second-order valence-corrected chi connectivity index (χ2v) is 3.06. The van der Waals surface area contributed by atoms with Crippen molar-refractivity contribution in [3.8, 4) is 0 Å². The van der Waals surface area contributed by atoms with Gasteiger partial charge < -0.3 is 9.68 Å². The third-order valence-electron chi connectivity index (χ3n) is 1.87. The Labute approximate surface area is 89.0 Å². The van der Waals surface area contributed by atoms with Crippen molar-refractivity contribution < 1.29 is 13.9 Å². The van der Waals surface area contributed by atoms with Crippen LogP contribution >= 0.6 is 11.9 Å². The van der Waals surface area contributed by atoms with Gasteiger partial charge in [-0.3, -0.25) is 4.21 Å². The van der Waals surface area contributed by atoms with Gasteiger partial charge in [-0.25, -0.2) is 0 Å². The summed E-state index contributed by atoms with van der Waals surface area (Å²) >= 11 is 4.90. The predicted molar refractivity (Wildman–Crippen MR) is 55.5 cm³/mol. The van der Waals surface area contributed by atoms with Crippen molar-refractivity contribution in [3.63, 3.8) is 0 Å². The lowest BCUT2D eigenvalue weighted by Gasteiger charge is -2.05. The quantitative estimate of drug-likeness (QED) is 0.761. The third kappa shape index (κ3) is 3.68. The van der Waals surface area contributed by atoms with E-state index in [0.717, 1.165) is 12.0 Å². The molecule has 0 aliphatic heterocycles. The summed E-state index contributed by atoms with van der Waals surface area (Å²) in [5.41, 5.74) is 2.21. The highest BCUT2D eigenvalue weighted by atomic mass is 35.5. The summed E-state index contributed by atoms with van der Waals surface area (Å²) in [7, 11) is -1.37. The van der Waals surface area contributed by atoms with E-state index >= 15 is 0 Å². The van der Waals surface area contributed by atoms with E-state index in [-0.39, 0.29) is 6.61 Å². The Morgan fingerprint density at radius 2 is 2.14 bits per heavy atom. The molecule has 1 N–H and O–H groups in total. The molecule has 3 nitrogen and oxygen atoms in total. The molecule has 0 saturated carbocycles. The number of hydrogen-bond acceptors (Lipinski definition) is 3. The number of rotatable bonds is 5. The fourth-order valence-electron chi connectivity index (χ4n) is 1.13. The van der Waals surface area contributed by atoms with E-state index in [1.807, 2.05) is 24.3 Å². The van der Waals surface area contributed by atoms with Crippen molar-refractivity contribution in [3.05, 3.63) is 35.4 Å². The highest BCUT2D eigenvalue weighted by Gasteiger charge is 2.14. The van der Waals surface area contributed by atoms with Crippen LogP contribution < -0.4 is 0 Å². The van der Waals surface area contributed by atoms with Gasteiger partial charge >= 0.3 is 7.32 Å². The van der Waals surface area contributed by atoms with E-state index in [0.29, 0.717) is 0 Å². The Kier molecular flexibility index (Phi) is 4.97. The molecule has 0 bridgehead atoms. The summed E-state index contributed by atoms with van der Waals surface area (Å²) in [6.45, 7) is 2.36. The summed E-state index contributed by atoms with van der Waals surface area (Å²) in [6, 6.07) is 7.92. The van der Waals surface area contributed by atoms with Gasteiger partial charge in [0, 0.05) is 11.9 Å². The number of benzene rings is 1. The fraction of sp³-hybridized carbons (Fsp3) is 0.333. The Morgan fingerprint density at radius 3 is 2.79 bits per heavy atom. The van der Waals surface area contributed by atoms with E-state index in [1.165, 1.54) is 5.56 Å². The first-order valence-electron chi connectivity index (χ1n) is 4.41. The van der Waals surface area contributed by atoms with Crippen LogP contribution in [0, 0.1) is 0 Å². The first-order valence-corrected chi connectivity index (χ1v) is 4.72. The molecule has 14 heavy (non-hydrogen) atoms. The molecule has 0 aliphatic rings. The maximum atomic E-state index is 8.87. The van der Waals surface area contributed by atoms with E-state index in [2.05, 4.69) is 11.1 Å². The molecule has 0 heterocycles. The molecule has 0 aliphatic carbocycles. The third-order valence-corrected chi connectivity index (χ3v) is 2.02. The standard InChI is InChI=1S/C9H12BClO3/c1-2-8-4-3-5-9(6-8)7-13-10(12)14-11/h3-6,12H,2,7H2,1H3. The molecule has 0 spiro atoms. The van der Waals surface area contributed by atoms with Crippen LogP contribution in [0.5, 0.6) is 0 Å². The number of hydrogen-bond donors (Lipinski definition) is 1. The highest BCUT2D eigenvalue weighted by Crippen LogP contribution is 2.07. The van der Waals surface area contributed by atoms with Crippen molar-refractivity contribution in [2.24, 2.45) is 0 Å². The zero-order valence-corrected chi connectivity index (χ0v) is 8.70. The summed E-state index contributed by atoms with van der Waals surface area (Å²) in [5, 5.41) is 8.87. The lowest BCUT2D eigenvalue weighted by atomic mass is 10.1. The molecular weight excluding hydrogens is 202 g/mol. The Hall–Kier alpha value is -0.545. The van der Waals surface area contributed by atoms with Crippen molar-refractivity contribution in [1.29, 1.82) is 0 Å². The lowest BCUT2D eigenvalue weighted by molar-refractivity contribution is 0.189. The van der Waals surface area contributed by atoms with Gasteiger partial charge in [0.1, 0.15) is 0 Å². The van der Waals surface area contributed by atoms with Crippen LogP contribution in [0.1, 0.15) is 18.1 Å². The first-order chi connectivity index (χ1) is 6.76. The molecular formula is C9H12BClO3. The predicted octanol–water partition coefficient (Wildman–Crippen LogP) is 1.91. The molecule has 0 aromatic heterocycles. The smallest absolute Gasteiger partial charge is 0.401 e. The van der Waals surface area contributed by atoms with E-state index in [9.17, 15) is 0 Å². The Bertz CT molecular complexity index is 283. The minimum atomic E-state index is -1.37. The molecule has 1 aromatic rings. The summed E-state index contributed by atoms with van der Waals surface area (Å²) in [5.74, 6) is 0. The molecule has 0 unspecified atom stereocenters. The van der Waals surface area contributed by atoms with Crippen molar-refractivity contribution in [2.45, 2.75) is 20.0 Å². The molecule has 0 atom stereocenters. The van der Waals surface area contributed by atoms with Gasteiger partial charge in [-0.15, -0.1) is 0 Å². The highest BCUT2D eigenvalue weighted by molar-refractivity contribution is 6.41. The van der Waals surface area contributed by atoms with Crippen LogP contribution in [0.25, 0.3) is 0 Å². The zero-order valence-electron chi connectivity index (χ0n) is 7.94. The molecule has 0 fully saturated rings. The summed E-state index contributed by atoms with van der Waals surface area (Å²) in [4.78, 5) is 0. The first kappa shape index (κ1) is 11.5. The molecule has 0 radical (unpaired) electrons. The van der Waals surface area contributed by atoms with Gasteiger partial charge in [-0.2, -0.15) is 0 Å². The fourth-order valence-corrected chi connectivity index (χ4v) is 1.18. The van der Waals surface area contributed by atoms with E-state index < -0.39 is 7.32 Å². The topological polar surface area (TPSA) is 38.7 Å². The van der Waals surface area contributed by atoms with Crippen LogP contribution in [0.4, 0.5) is 0 Å². The monoisotopic (exact) mass is 214 g/mol. The zero-order chi connectivity index (χ0) is 10.4. The SMILES string of the molecule is CCc1cccc(COB(O)OCl)c1. The molecule has 0 amide bonds. The average molecular weight is 214 g/mol. The molecule has 5 heteroatoms. The van der Waals surface area contributed by atoms with Crippen molar-refractivity contribution in [1.82, 2.24) is 0 Å². The maximum absolute atomic E-state index is 8.87. The van der Waals surface area contributed by atoms with Crippen LogP contribution in [-0.4, -0.2) is 12.3 Å². The van der Waals surface area contributed by atoms with Crippen LogP contribution in [0.3, 0.4) is 0 Å². The van der Waals surface area contributed by atoms with Crippen LogP contribution in [0.2, 0.25) is 0 Å². The Morgan fingerprint density at radius 1 is 1.43 bits per heavy atom. The van der Waals surface area contributed by atoms with Crippen molar-refractivity contribution >= 4 is 19.2 Å². The van der Waals surface area contributed by atoms with Gasteiger partial charge in [0.25, 0.3) is 0 Å². The van der Waals surface area contributed by atoms with Crippen molar-refractivity contribution in [2.75, 3.05) is 0 Å². The Balaban J connectivity index is 2.50. The second kappa shape index (κ2) is 6.04. The minimum Gasteiger partial charge on any atom is -0.401 e. The van der Waals surface area contributed by atoms with E-state index in [4.69, 9.17) is 21.5 Å². The molecule has 1 rings (SSSR count). The van der Waals surface area contributed by atoms with Crippen LogP contribution in [-0.2, 0) is 21.9 Å². The lowest BCUT2D eigenvalue weighted by Crippen LogP contribution is -2.17. The largest absolute Gasteiger partial charge is 0.653 e. The van der Waals surface area contributed by atoms with Crippen LogP contribution in [0.15, 0.2) is 24.3 Å². The van der Waals surface area contributed by atoms with Gasteiger partial charge in [0.15, 0.2) is 0 Å². The molecule has 1 aromatic carbocycles. The van der Waals surface area contributed by atoms with Gasteiger partial charge in [0.05, 0.1) is 6.61 Å². The van der Waals surface area contributed by atoms with Gasteiger partial charge in [-0.1, -0.05) is 31.2 Å². The number of aryl methyl sites for hydroxylation is 1. The average Bonchev–Trinajstić information content (AvgIpc) is 2.26. The maximum Gasteiger partial charge on any atom is 0.653 e. The van der Waals surface area contributed by atoms with E-state index in [1.54, 1.807) is 0 Å².